The van der Waals surface area contributed by atoms with Crippen molar-refractivity contribution in [2.75, 3.05) is 14.2 Å². The van der Waals surface area contributed by atoms with Gasteiger partial charge in [-0.05, 0) is 43.2 Å². The zero-order chi connectivity index (χ0) is 22.4. The number of aromatic nitrogens is 2. The standard InChI is InChI=1S/C25H29N3O3/c1-18-22(19(2)28(4)26-18)12-14-25(29)27(3)16-21-11-13-23(24(15-21)30-5)31-17-20-9-7-6-8-10-20/h6-15H,16-17H2,1-5H3. The summed E-state index contributed by atoms with van der Waals surface area (Å²) in [4.78, 5) is 14.3. The van der Waals surface area contributed by atoms with Gasteiger partial charge in [-0.1, -0.05) is 36.4 Å². The Morgan fingerprint density at radius 2 is 1.84 bits per heavy atom. The van der Waals surface area contributed by atoms with Crippen molar-refractivity contribution in [1.29, 1.82) is 0 Å². The first-order valence-electron chi connectivity index (χ1n) is 10.2. The molecular weight excluding hydrogens is 390 g/mol. The predicted molar refractivity (Wildman–Crippen MR) is 122 cm³/mol. The van der Waals surface area contributed by atoms with Crippen molar-refractivity contribution in [2.45, 2.75) is 27.0 Å². The molecule has 6 heteroatoms. The fourth-order valence-electron chi connectivity index (χ4n) is 3.33. The van der Waals surface area contributed by atoms with Gasteiger partial charge in [-0.25, -0.2) is 0 Å². The normalized spacial score (nSPS) is 11.0. The quantitative estimate of drug-likeness (QED) is 0.511. The first-order chi connectivity index (χ1) is 14.9. The molecule has 3 rings (SSSR count). The monoisotopic (exact) mass is 419 g/mol. The van der Waals surface area contributed by atoms with Crippen molar-refractivity contribution in [3.05, 3.63) is 82.7 Å². The van der Waals surface area contributed by atoms with Gasteiger partial charge in [-0.15, -0.1) is 0 Å². The molecule has 0 aliphatic carbocycles. The summed E-state index contributed by atoms with van der Waals surface area (Å²) in [5, 5.41) is 4.38. The topological polar surface area (TPSA) is 56.6 Å². The molecule has 0 saturated heterocycles. The molecule has 1 amide bonds. The molecule has 2 aromatic carbocycles. The second-order valence-corrected chi connectivity index (χ2v) is 7.50. The fraction of sp³-hybridized carbons (Fsp3) is 0.280. The van der Waals surface area contributed by atoms with Crippen LogP contribution < -0.4 is 9.47 Å². The average molecular weight is 420 g/mol. The van der Waals surface area contributed by atoms with Gasteiger partial charge in [0.2, 0.25) is 5.91 Å². The number of carbonyl (C=O) groups is 1. The Hall–Kier alpha value is -3.54. The minimum absolute atomic E-state index is 0.0778. The highest BCUT2D eigenvalue weighted by Crippen LogP contribution is 2.29. The molecule has 0 N–H and O–H groups in total. The number of aryl methyl sites for hydroxylation is 2. The van der Waals surface area contributed by atoms with Crippen LogP contribution >= 0.6 is 0 Å². The van der Waals surface area contributed by atoms with Crippen LogP contribution in [0.3, 0.4) is 0 Å². The van der Waals surface area contributed by atoms with Gasteiger partial charge in [-0.3, -0.25) is 9.48 Å². The number of ether oxygens (including phenoxy) is 2. The lowest BCUT2D eigenvalue weighted by atomic mass is 10.1. The number of nitrogens with zero attached hydrogens (tertiary/aromatic N) is 3. The van der Waals surface area contributed by atoms with E-state index in [0.717, 1.165) is 28.1 Å². The number of likely N-dealkylation sites (N-methyl/N-ethyl adjacent to an activating group) is 1. The fourth-order valence-corrected chi connectivity index (χ4v) is 3.33. The molecule has 0 aliphatic heterocycles. The number of methoxy groups -OCH3 is 1. The Morgan fingerprint density at radius 1 is 1.10 bits per heavy atom. The van der Waals surface area contributed by atoms with Gasteiger partial charge in [0, 0.05) is 38.0 Å². The lowest BCUT2D eigenvalue weighted by Crippen LogP contribution is -2.24. The van der Waals surface area contributed by atoms with Crippen LogP contribution in [0.4, 0.5) is 0 Å². The van der Waals surface area contributed by atoms with Gasteiger partial charge in [0.1, 0.15) is 6.61 Å². The predicted octanol–water partition coefficient (Wildman–Crippen LogP) is 4.30. The number of carbonyl (C=O) groups excluding carboxylic acids is 1. The van der Waals surface area contributed by atoms with Crippen LogP contribution in [0, 0.1) is 13.8 Å². The Bertz CT molecular complexity index is 1070. The van der Waals surface area contributed by atoms with E-state index in [9.17, 15) is 4.79 Å². The van der Waals surface area contributed by atoms with Crippen molar-refractivity contribution in [2.24, 2.45) is 7.05 Å². The molecule has 0 unspecified atom stereocenters. The second-order valence-electron chi connectivity index (χ2n) is 7.50. The van der Waals surface area contributed by atoms with Crippen LogP contribution in [0.1, 0.15) is 28.1 Å². The summed E-state index contributed by atoms with van der Waals surface area (Å²) < 4.78 is 13.2. The minimum Gasteiger partial charge on any atom is -0.493 e. The van der Waals surface area contributed by atoms with Crippen molar-refractivity contribution in [1.82, 2.24) is 14.7 Å². The van der Waals surface area contributed by atoms with Gasteiger partial charge in [0.15, 0.2) is 11.5 Å². The van der Waals surface area contributed by atoms with E-state index in [-0.39, 0.29) is 5.91 Å². The van der Waals surface area contributed by atoms with Crippen LogP contribution in [0.5, 0.6) is 11.5 Å². The van der Waals surface area contributed by atoms with E-state index in [1.165, 1.54) is 0 Å². The SMILES string of the molecule is COc1cc(CN(C)C(=O)C=Cc2c(C)nn(C)c2C)ccc1OCc1ccccc1. The largest absolute Gasteiger partial charge is 0.493 e. The summed E-state index contributed by atoms with van der Waals surface area (Å²) in [7, 11) is 5.29. The molecule has 1 heterocycles. The summed E-state index contributed by atoms with van der Waals surface area (Å²) in [6.45, 7) is 4.85. The Labute approximate surface area is 183 Å². The van der Waals surface area contributed by atoms with Crippen LogP contribution in [0.15, 0.2) is 54.6 Å². The maximum absolute atomic E-state index is 12.6. The number of benzene rings is 2. The summed E-state index contributed by atoms with van der Waals surface area (Å²) in [6, 6.07) is 15.7. The maximum atomic E-state index is 12.6. The average Bonchev–Trinajstić information content (AvgIpc) is 3.02. The molecule has 162 valence electrons. The number of rotatable bonds is 8. The van der Waals surface area contributed by atoms with Crippen molar-refractivity contribution < 1.29 is 14.3 Å². The highest BCUT2D eigenvalue weighted by atomic mass is 16.5. The number of amides is 1. The maximum Gasteiger partial charge on any atom is 0.246 e. The molecule has 1 aromatic heterocycles. The lowest BCUT2D eigenvalue weighted by Gasteiger charge is -2.17. The molecule has 0 bridgehead atoms. The van der Waals surface area contributed by atoms with Gasteiger partial charge < -0.3 is 14.4 Å². The molecule has 0 spiro atoms. The molecule has 0 aliphatic rings. The Balaban J connectivity index is 1.64. The van der Waals surface area contributed by atoms with Crippen molar-refractivity contribution in [3.63, 3.8) is 0 Å². The summed E-state index contributed by atoms with van der Waals surface area (Å²) in [5.74, 6) is 1.24. The van der Waals surface area contributed by atoms with E-state index >= 15 is 0 Å². The molecule has 6 nitrogen and oxygen atoms in total. The van der Waals surface area contributed by atoms with Crippen LogP contribution in [0.25, 0.3) is 6.08 Å². The smallest absolute Gasteiger partial charge is 0.246 e. The van der Waals surface area contributed by atoms with Gasteiger partial charge >= 0.3 is 0 Å². The van der Waals surface area contributed by atoms with E-state index in [2.05, 4.69) is 5.10 Å². The first-order valence-corrected chi connectivity index (χ1v) is 10.2. The van der Waals surface area contributed by atoms with E-state index < -0.39 is 0 Å². The molecule has 0 atom stereocenters. The zero-order valence-electron chi connectivity index (χ0n) is 18.8. The first kappa shape index (κ1) is 22.2. The molecule has 0 saturated carbocycles. The highest BCUT2D eigenvalue weighted by molar-refractivity contribution is 5.91. The molecule has 31 heavy (non-hydrogen) atoms. The van der Waals surface area contributed by atoms with E-state index in [1.807, 2.05) is 80.2 Å². The third kappa shape index (κ3) is 5.54. The molecule has 0 fully saturated rings. The van der Waals surface area contributed by atoms with E-state index in [0.29, 0.717) is 24.7 Å². The van der Waals surface area contributed by atoms with E-state index in [4.69, 9.17) is 9.47 Å². The third-order valence-electron chi connectivity index (χ3n) is 5.22. The highest BCUT2D eigenvalue weighted by Gasteiger charge is 2.12. The van der Waals surface area contributed by atoms with Crippen LogP contribution in [0.2, 0.25) is 0 Å². The minimum atomic E-state index is -0.0778. The second kappa shape index (κ2) is 9.98. The Morgan fingerprint density at radius 3 is 2.48 bits per heavy atom. The number of hydrogen-bond donors (Lipinski definition) is 0. The van der Waals surface area contributed by atoms with Crippen molar-refractivity contribution in [3.8, 4) is 11.5 Å². The number of hydrogen-bond acceptors (Lipinski definition) is 4. The van der Waals surface area contributed by atoms with Gasteiger partial charge in [0.05, 0.1) is 12.8 Å². The zero-order valence-corrected chi connectivity index (χ0v) is 18.8. The molecule has 3 aromatic rings. The van der Waals surface area contributed by atoms with Crippen molar-refractivity contribution >= 4 is 12.0 Å². The van der Waals surface area contributed by atoms with Gasteiger partial charge in [-0.2, -0.15) is 5.10 Å². The lowest BCUT2D eigenvalue weighted by molar-refractivity contribution is -0.125. The molecule has 0 radical (unpaired) electrons. The van der Waals surface area contributed by atoms with Crippen LogP contribution in [-0.2, 0) is 25.0 Å². The Kier molecular flexibility index (Phi) is 7.13. The van der Waals surface area contributed by atoms with E-state index in [1.54, 1.807) is 25.1 Å². The molecular formula is C25H29N3O3. The van der Waals surface area contributed by atoms with Gasteiger partial charge in [0.25, 0.3) is 0 Å². The summed E-state index contributed by atoms with van der Waals surface area (Å²) in [6.07, 6.45) is 3.42. The summed E-state index contributed by atoms with van der Waals surface area (Å²) >= 11 is 0. The van der Waals surface area contributed by atoms with Crippen LogP contribution in [-0.4, -0.2) is 34.7 Å². The summed E-state index contributed by atoms with van der Waals surface area (Å²) in [5.41, 5.74) is 4.96. The third-order valence-corrected chi connectivity index (χ3v) is 5.22.